The van der Waals surface area contributed by atoms with Crippen molar-refractivity contribution in [3.05, 3.63) is 64.5 Å². The van der Waals surface area contributed by atoms with Crippen molar-refractivity contribution in [1.29, 1.82) is 0 Å². The van der Waals surface area contributed by atoms with Crippen molar-refractivity contribution in [1.82, 2.24) is 0 Å². The Morgan fingerprint density at radius 1 is 0.650 bits per heavy atom. The highest BCUT2D eigenvalue weighted by atomic mass is 19.2. The Balaban J connectivity index is 2.10. The van der Waals surface area contributed by atoms with Gasteiger partial charge in [0.15, 0.2) is 23.3 Å². The molecule has 20 heavy (non-hydrogen) atoms. The van der Waals surface area contributed by atoms with Crippen LogP contribution in [0.3, 0.4) is 0 Å². The summed E-state index contributed by atoms with van der Waals surface area (Å²) in [5.74, 6) is -9.58. The molecule has 3 rings (SSSR count). The molecule has 0 radical (unpaired) electrons. The fourth-order valence-corrected chi connectivity index (χ4v) is 2.36. The van der Waals surface area contributed by atoms with Crippen LogP contribution in [0.25, 0.3) is 0 Å². The van der Waals surface area contributed by atoms with Crippen molar-refractivity contribution in [3.8, 4) is 0 Å². The summed E-state index contributed by atoms with van der Waals surface area (Å²) < 4.78 is 66.8. The van der Waals surface area contributed by atoms with Crippen LogP contribution in [0.5, 0.6) is 0 Å². The first kappa shape index (κ1) is 12.9. The van der Waals surface area contributed by atoms with Gasteiger partial charge in [-0.3, -0.25) is 0 Å². The lowest BCUT2D eigenvalue weighted by Crippen LogP contribution is -2.20. The molecule has 0 atom stereocenters. The van der Waals surface area contributed by atoms with Gasteiger partial charge >= 0.3 is 0 Å². The van der Waals surface area contributed by atoms with Gasteiger partial charge in [-0.1, -0.05) is 24.3 Å². The number of hydrogen-bond donors (Lipinski definition) is 0. The second-order valence-electron chi connectivity index (χ2n) is 4.54. The molecule has 1 aliphatic rings. The molecule has 2 aromatic rings. The molecule has 1 nitrogen and oxygen atoms in total. The molecule has 0 bridgehead atoms. The Bertz CT molecular complexity index is 644. The zero-order chi connectivity index (χ0) is 14.4. The summed E-state index contributed by atoms with van der Waals surface area (Å²) in [6, 6.07) is 7.00. The predicted molar refractivity (Wildman–Crippen MR) is 62.6 cm³/mol. The van der Waals surface area contributed by atoms with E-state index in [0.717, 1.165) is 16.0 Å². The molecule has 0 saturated carbocycles. The molecule has 0 aliphatic carbocycles. The quantitative estimate of drug-likeness (QED) is 0.436. The Morgan fingerprint density at radius 2 is 1.05 bits per heavy atom. The normalized spacial score (nSPS) is 13.8. The van der Waals surface area contributed by atoms with Crippen LogP contribution in [-0.2, 0) is 13.1 Å². The lowest BCUT2D eigenvalue weighted by atomic mass is 10.1. The zero-order valence-corrected chi connectivity index (χ0v) is 10.1. The van der Waals surface area contributed by atoms with Gasteiger partial charge < -0.3 is 4.90 Å². The van der Waals surface area contributed by atoms with Crippen LogP contribution in [0.1, 0.15) is 11.1 Å². The number of halogens is 5. The van der Waals surface area contributed by atoms with Crippen LogP contribution in [-0.4, -0.2) is 0 Å². The van der Waals surface area contributed by atoms with Crippen molar-refractivity contribution in [2.75, 3.05) is 4.90 Å². The van der Waals surface area contributed by atoms with Gasteiger partial charge in [-0.05, 0) is 11.1 Å². The predicted octanol–water partition coefficient (Wildman–Crippen LogP) is 3.90. The maximum absolute atomic E-state index is 13.7. The topological polar surface area (TPSA) is 3.24 Å². The van der Waals surface area contributed by atoms with Crippen LogP contribution in [0.2, 0.25) is 0 Å². The molecule has 0 aromatic heterocycles. The average Bonchev–Trinajstić information content (AvgIpc) is 2.86. The molecule has 0 spiro atoms. The molecule has 6 heteroatoms. The standard InChI is InChI=1S/C14H8F5N/c15-9-10(16)12(18)14(13(19)11(9)17)20-5-7-3-1-2-4-8(7)6-20/h1-4H,5-6H2. The first-order chi connectivity index (χ1) is 9.50. The Labute approximate surface area is 111 Å². The molecule has 0 fully saturated rings. The van der Waals surface area contributed by atoms with Crippen LogP contribution in [0.15, 0.2) is 24.3 Å². The van der Waals surface area contributed by atoms with Gasteiger partial charge in [0.25, 0.3) is 0 Å². The molecule has 0 saturated heterocycles. The van der Waals surface area contributed by atoms with Crippen molar-refractivity contribution in [2.45, 2.75) is 13.1 Å². The second kappa shape index (κ2) is 4.47. The van der Waals surface area contributed by atoms with Gasteiger partial charge in [0.05, 0.1) is 0 Å². The maximum Gasteiger partial charge on any atom is 0.200 e. The molecule has 0 amide bonds. The van der Waals surface area contributed by atoms with Gasteiger partial charge in [-0.2, -0.15) is 0 Å². The monoisotopic (exact) mass is 285 g/mol. The van der Waals surface area contributed by atoms with Crippen LogP contribution in [0, 0.1) is 29.1 Å². The van der Waals surface area contributed by atoms with E-state index < -0.39 is 34.8 Å². The van der Waals surface area contributed by atoms with Crippen molar-refractivity contribution in [2.24, 2.45) is 0 Å². The van der Waals surface area contributed by atoms with E-state index in [4.69, 9.17) is 0 Å². The number of benzene rings is 2. The van der Waals surface area contributed by atoms with Gasteiger partial charge in [0.1, 0.15) is 5.69 Å². The van der Waals surface area contributed by atoms with Gasteiger partial charge in [0, 0.05) is 13.1 Å². The molecule has 1 heterocycles. The van der Waals surface area contributed by atoms with Crippen LogP contribution < -0.4 is 4.90 Å². The Morgan fingerprint density at radius 3 is 1.50 bits per heavy atom. The van der Waals surface area contributed by atoms with E-state index in [9.17, 15) is 22.0 Å². The minimum atomic E-state index is -2.14. The summed E-state index contributed by atoms with van der Waals surface area (Å²) in [4.78, 5) is 1.14. The molecular weight excluding hydrogens is 277 g/mol. The summed E-state index contributed by atoms with van der Waals surface area (Å²) in [7, 11) is 0. The van der Waals surface area contributed by atoms with Crippen molar-refractivity contribution >= 4 is 5.69 Å². The zero-order valence-electron chi connectivity index (χ0n) is 10.1. The minimum absolute atomic E-state index is 0.106. The second-order valence-corrected chi connectivity index (χ2v) is 4.54. The van der Waals surface area contributed by atoms with E-state index in [1.165, 1.54) is 0 Å². The minimum Gasteiger partial charge on any atom is -0.358 e. The van der Waals surface area contributed by atoms with Gasteiger partial charge in [0.2, 0.25) is 5.82 Å². The number of hydrogen-bond acceptors (Lipinski definition) is 1. The Kier molecular flexibility index (Phi) is 2.88. The van der Waals surface area contributed by atoms with Crippen molar-refractivity contribution < 1.29 is 22.0 Å². The molecule has 0 N–H and O–H groups in total. The van der Waals surface area contributed by atoms with Gasteiger partial charge in [-0.25, -0.2) is 22.0 Å². The molecule has 104 valence electrons. The third-order valence-corrected chi connectivity index (χ3v) is 3.34. The number of fused-ring (bicyclic) bond motifs is 1. The largest absolute Gasteiger partial charge is 0.358 e. The molecular formula is C14H8F5N. The van der Waals surface area contributed by atoms with E-state index in [1.807, 2.05) is 0 Å². The van der Waals surface area contributed by atoms with Crippen molar-refractivity contribution in [3.63, 3.8) is 0 Å². The van der Waals surface area contributed by atoms with E-state index in [1.54, 1.807) is 24.3 Å². The maximum atomic E-state index is 13.7. The van der Waals surface area contributed by atoms with E-state index in [2.05, 4.69) is 0 Å². The van der Waals surface area contributed by atoms with E-state index in [0.29, 0.717) is 0 Å². The molecule has 0 unspecified atom stereocenters. The fourth-order valence-electron chi connectivity index (χ4n) is 2.36. The highest BCUT2D eigenvalue weighted by molar-refractivity contribution is 5.54. The van der Waals surface area contributed by atoms with E-state index >= 15 is 0 Å². The highest BCUT2D eigenvalue weighted by Crippen LogP contribution is 2.35. The Hall–Kier alpha value is -2.11. The SMILES string of the molecule is Fc1c(F)c(F)c(N2Cc3ccccc3C2)c(F)c1F. The summed E-state index contributed by atoms with van der Waals surface area (Å²) in [6.45, 7) is 0.211. The summed E-state index contributed by atoms with van der Waals surface area (Å²) >= 11 is 0. The summed E-state index contributed by atoms with van der Waals surface area (Å²) in [6.07, 6.45) is 0. The highest BCUT2D eigenvalue weighted by Gasteiger charge is 2.31. The number of anilines is 1. The third kappa shape index (κ3) is 1.75. The summed E-state index contributed by atoms with van der Waals surface area (Å²) in [5, 5.41) is 0. The third-order valence-electron chi connectivity index (χ3n) is 3.34. The number of nitrogens with zero attached hydrogens (tertiary/aromatic N) is 1. The first-order valence-corrected chi connectivity index (χ1v) is 5.84. The summed E-state index contributed by atoms with van der Waals surface area (Å²) in [5.41, 5.74) is 0.727. The van der Waals surface area contributed by atoms with Crippen LogP contribution in [0.4, 0.5) is 27.6 Å². The van der Waals surface area contributed by atoms with E-state index in [-0.39, 0.29) is 13.1 Å². The first-order valence-electron chi connectivity index (χ1n) is 5.84. The number of rotatable bonds is 1. The smallest absolute Gasteiger partial charge is 0.200 e. The van der Waals surface area contributed by atoms with Crippen LogP contribution >= 0.6 is 0 Å². The lowest BCUT2D eigenvalue weighted by Gasteiger charge is -2.20. The molecule has 2 aromatic carbocycles. The average molecular weight is 285 g/mol. The fraction of sp³-hybridized carbons (Fsp3) is 0.143. The van der Waals surface area contributed by atoms with Gasteiger partial charge in [-0.15, -0.1) is 0 Å². The molecule has 1 aliphatic heterocycles. The lowest BCUT2D eigenvalue weighted by molar-refractivity contribution is 0.378.